The number of rotatable bonds is 4. The third kappa shape index (κ3) is 4.53. The molecule has 0 aliphatic carbocycles. The van der Waals surface area contributed by atoms with E-state index in [-0.39, 0.29) is 10.7 Å². The zero-order valence-corrected chi connectivity index (χ0v) is 9.56. The van der Waals surface area contributed by atoms with Gasteiger partial charge in [0.05, 0.1) is 0 Å². The number of hydrogen-bond donors (Lipinski definition) is 0. The Hall–Kier alpha value is -1.23. The van der Waals surface area contributed by atoms with Crippen molar-refractivity contribution < 1.29 is 13.6 Å². The highest BCUT2D eigenvalue weighted by atomic mass is 32.2. The van der Waals surface area contributed by atoms with Gasteiger partial charge >= 0.3 is 0 Å². The largest absolute Gasteiger partial charge is 0.288 e. The summed E-state index contributed by atoms with van der Waals surface area (Å²) in [6.07, 6.45) is 3.91. The fourth-order valence-electron chi connectivity index (χ4n) is 1.03. The Bertz CT molecular complexity index is 407. The highest BCUT2D eigenvalue weighted by Gasteiger charge is 2.01. The third-order valence-electron chi connectivity index (χ3n) is 1.73. The van der Waals surface area contributed by atoms with Crippen molar-refractivity contribution in [3.05, 3.63) is 35.7 Å². The molecular weight excluding hydrogens is 232 g/mol. The number of aromatic nitrogens is 1. The monoisotopic (exact) mass is 243 g/mol. The van der Waals surface area contributed by atoms with E-state index in [9.17, 15) is 13.6 Å². The van der Waals surface area contributed by atoms with E-state index >= 15 is 0 Å². The second-order valence-corrected chi connectivity index (χ2v) is 4.32. The summed E-state index contributed by atoms with van der Waals surface area (Å²) >= 11 is 1.21. The third-order valence-corrected chi connectivity index (χ3v) is 2.58. The molecule has 5 heteroatoms. The summed E-state index contributed by atoms with van der Waals surface area (Å²) in [6, 6.07) is 2.43. The average Bonchev–Trinajstić information content (AvgIpc) is 2.20. The van der Waals surface area contributed by atoms with E-state index in [0.29, 0.717) is 12.2 Å². The molecule has 1 rings (SSSR count). The van der Waals surface area contributed by atoms with Gasteiger partial charge in [0.25, 0.3) is 0 Å². The minimum absolute atomic E-state index is 0.0584. The lowest BCUT2D eigenvalue weighted by Crippen LogP contribution is -1.91. The van der Waals surface area contributed by atoms with Crippen LogP contribution in [0.3, 0.4) is 0 Å². The van der Waals surface area contributed by atoms with Gasteiger partial charge in [0.15, 0.2) is 5.12 Å². The second-order valence-electron chi connectivity index (χ2n) is 3.05. The van der Waals surface area contributed by atoms with Crippen LogP contribution in [-0.2, 0) is 4.79 Å². The first-order valence-electron chi connectivity index (χ1n) is 4.71. The smallest absolute Gasteiger partial charge is 0.222 e. The van der Waals surface area contributed by atoms with E-state index < -0.39 is 11.9 Å². The molecule has 86 valence electrons. The Morgan fingerprint density at radius 1 is 1.50 bits per heavy atom. The summed E-state index contributed by atoms with van der Waals surface area (Å²) in [4.78, 5) is 13.7. The number of nitrogens with zero attached hydrogens (tertiary/aromatic N) is 1. The predicted molar refractivity (Wildman–Crippen MR) is 60.9 cm³/mol. The summed E-state index contributed by atoms with van der Waals surface area (Å²) < 4.78 is 25.5. The molecule has 0 fully saturated rings. The van der Waals surface area contributed by atoms with E-state index in [1.54, 1.807) is 6.08 Å². The van der Waals surface area contributed by atoms with E-state index in [0.717, 1.165) is 6.07 Å². The van der Waals surface area contributed by atoms with Gasteiger partial charge in [0, 0.05) is 18.2 Å². The van der Waals surface area contributed by atoms with Gasteiger partial charge in [-0.15, -0.1) is 0 Å². The highest BCUT2D eigenvalue weighted by molar-refractivity contribution is 8.13. The summed E-state index contributed by atoms with van der Waals surface area (Å²) in [6.45, 7) is 1.50. The number of carbonyl (C=O) groups excluding carboxylic acids is 1. The zero-order chi connectivity index (χ0) is 12.0. The van der Waals surface area contributed by atoms with E-state index in [1.807, 2.05) is 0 Å². The number of hydrogen-bond acceptors (Lipinski definition) is 3. The van der Waals surface area contributed by atoms with Crippen LogP contribution in [0.2, 0.25) is 0 Å². The van der Waals surface area contributed by atoms with Crippen LogP contribution in [0.4, 0.5) is 8.78 Å². The van der Waals surface area contributed by atoms with Gasteiger partial charge in [-0.2, -0.15) is 13.8 Å². The minimum Gasteiger partial charge on any atom is -0.288 e. The quantitative estimate of drug-likeness (QED) is 0.601. The van der Waals surface area contributed by atoms with Crippen molar-refractivity contribution in [3.63, 3.8) is 0 Å². The number of pyridine rings is 1. The number of allylic oxidation sites excluding steroid dienone is 1. The van der Waals surface area contributed by atoms with Gasteiger partial charge in [0.2, 0.25) is 11.9 Å². The first-order valence-corrected chi connectivity index (χ1v) is 5.70. The standard InChI is InChI=1S/C11H11F2NOS/c1-8(15)16-7-3-2-4-9-5-6-10(12)14-11(9)13/h2,4-6H,3,7H2,1H3. The molecule has 0 aliphatic heterocycles. The molecule has 0 N–H and O–H groups in total. The Kier molecular flexibility index (Phi) is 5.11. The molecule has 0 atom stereocenters. The van der Waals surface area contributed by atoms with Gasteiger partial charge < -0.3 is 0 Å². The van der Waals surface area contributed by atoms with Crippen LogP contribution >= 0.6 is 11.8 Å². The minimum atomic E-state index is -0.832. The molecule has 2 nitrogen and oxygen atoms in total. The molecule has 1 aromatic rings. The molecule has 0 aromatic carbocycles. The van der Waals surface area contributed by atoms with Crippen LogP contribution < -0.4 is 0 Å². The molecule has 0 amide bonds. The van der Waals surface area contributed by atoms with Gasteiger partial charge in [0.1, 0.15) is 0 Å². The van der Waals surface area contributed by atoms with E-state index in [1.165, 1.54) is 30.8 Å². The average molecular weight is 243 g/mol. The second kappa shape index (κ2) is 6.37. The van der Waals surface area contributed by atoms with Crippen molar-refractivity contribution in [1.29, 1.82) is 0 Å². The van der Waals surface area contributed by atoms with Crippen molar-refractivity contribution in [3.8, 4) is 0 Å². The van der Waals surface area contributed by atoms with Crippen molar-refractivity contribution in [1.82, 2.24) is 4.98 Å². The van der Waals surface area contributed by atoms with Crippen LogP contribution in [0.1, 0.15) is 18.9 Å². The molecule has 1 aromatic heterocycles. The Balaban J connectivity index is 2.47. The van der Waals surface area contributed by atoms with Crippen LogP contribution in [0.25, 0.3) is 6.08 Å². The number of halogens is 2. The van der Waals surface area contributed by atoms with Crippen LogP contribution in [0, 0.1) is 11.9 Å². The fraction of sp³-hybridized carbons (Fsp3) is 0.273. The summed E-state index contributed by atoms with van der Waals surface area (Å²) in [5.74, 6) is -1.00. The Morgan fingerprint density at radius 2 is 2.25 bits per heavy atom. The lowest BCUT2D eigenvalue weighted by Gasteiger charge is -1.95. The maximum absolute atomic E-state index is 13.0. The molecule has 16 heavy (non-hydrogen) atoms. The van der Waals surface area contributed by atoms with Gasteiger partial charge in [-0.1, -0.05) is 23.9 Å². The first kappa shape index (κ1) is 12.8. The number of carbonyl (C=O) groups is 1. The first-order chi connectivity index (χ1) is 7.59. The SMILES string of the molecule is CC(=O)SCCC=Cc1ccc(F)nc1F. The fourth-order valence-corrected chi connectivity index (χ4v) is 1.57. The topological polar surface area (TPSA) is 30.0 Å². The van der Waals surface area contributed by atoms with Crippen molar-refractivity contribution in [2.75, 3.05) is 5.75 Å². The molecule has 0 spiro atoms. The summed E-state index contributed by atoms with van der Waals surface area (Å²) in [7, 11) is 0. The lowest BCUT2D eigenvalue weighted by molar-refractivity contribution is -0.109. The molecule has 0 bridgehead atoms. The number of thioether (sulfide) groups is 1. The molecule has 0 saturated heterocycles. The Morgan fingerprint density at radius 3 is 2.88 bits per heavy atom. The summed E-state index contributed by atoms with van der Waals surface area (Å²) in [5, 5.41) is 0.0584. The van der Waals surface area contributed by atoms with E-state index in [4.69, 9.17) is 0 Å². The van der Waals surface area contributed by atoms with E-state index in [2.05, 4.69) is 4.98 Å². The van der Waals surface area contributed by atoms with Crippen LogP contribution in [-0.4, -0.2) is 15.9 Å². The predicted octanol–water partition coefficient (Wildman–Crippen LogP) is 3.04. The van der Waals surface area contributed by atoms with Gasteiger partial charge in [-0.05, 0) is 18.6 Å². The molecule has 1 heterocycles. The van der Waals surface area contributed by atoms with Crippen LogP contribution in [0.15, 0.2) is 18.2 Å². The van der Waals surface area contributed by atoms with Gasteiger partial charge in [-0.3, -0.25) is 4.79 Å². The molecule has 0 saturated carbocycles. The molecular formula is C11H11F2NOS. The summed E-state index contributed by atoms with van der Waals surface area (Å²) in [5.41, 5.74) is 0.245. The Labute approximate surface area is 96.8 Å². The van der Waals surface area contributed by atoms with Crippen molar-refractivity contribution in [2.45, 2.75) is 13.3 Å². The molecule has 0 radical (unpaired) electrons. The van der Waals surface area contributed by atoms with Crippen molar-refractivity contribution in [2.24, 2.45) is 0 Å². The normalized spacial score (nSPS) is 10.9. The lowest BCUT2D eigenvalue weighted by atomic mass is 10.2. The van der Waals surface area contributed by atoms with Crippen LogP contribution in [0.5, 0.6) is 0 Å². The molecule has 0 aliphatic rings. The zero-order valence-electron chi connectivity index (χ0n) is 8.74. The van der Waals surface area contributed by atoms with Crippen molar-refractivity contribution >= 4 is 23.0 Å². The molecule has 0 unspecified atom stereocenters. The highest BCUT2D eigenvalue weighted by Crippen LogP contribution is 2.09. The maximum atomic E-state index is 13.0. The van der Waals surface area contributed by atoms with Gasteiger partial charge in [-0.25, -0.2) is 0 Å². The maximum Gasteiger partial charge on any atom is 0.222 e.